The molecule has 2 amide bonds. The summed E-state index contributed by atoms with van der Waals surface area (Å²) in [6.45, 7) is 0.118. The lowest BCUT2D eigenvalue weighted by Gasteiger charge is -2.19. The summed E-state index contributed by atoms with van der Waals surface area (Å²) in [5.74, 6) is 0.499. The van der Waals surface area contributed by atoms with Crippen LogP contribution in [-0.4, -0.2) is 29.1 Å². The second kappa shape index (κ2) is 9.27. The quantitative estimate of drug-likeness (QED) is 0.261. The average Bonchev–Trinajstić information content (AvgIpc) is 3.27. The van der Waals surface area contributed by atoms with Crippen LogP contribution < -0.4 is 20.3 Å². The van der Waals surface area contributed by atoms with Crippen LogP contribution in [0.15, 0.2) is 66.7 Å². The van der Waals surface area contributed by atoms with Gasteiger partial charge in [-0.2, -0.15) is 0 Å². The summed E-state index contributed by atoms with van der Waals surface area (Å²) in [6, 6.07) is 15.3. The molecule has 1 atom stereocenters. The number of rotatable bonds is 6. The molecular formula is C23H20N2O7. The second-order valence-corrected chi connectivity index (χ2v) is 6.92. The standard InChI is InChI=1S/C23H20N2O7/c26-18-10-9-17(15-4-1-2-5-16(15)18)19(6-3-7-22(27)25-29)32-23(28)24-14-8-11-20-21(12-14)31-13-30-20/h1-5,7-12,19,26,29H,6,13H2,(H,24,28)(H,25,27)/b7-3+/t19-/m0/s1. The van der Waals surface area contributed by atoms with Crippen LogP contribution in [0.4, 0.5) is 10.5 Å². The molecule has 0 unspecified atom stereocenters. The molecule has 32 heavy (non-hydrogen) atoms. The van der Waals surface area contributed by atoms with E-state index in [4.69, 9.17) is 19.4 Å². The van der Waals surface area contributed by atoms with Crippen molar-refractivity contribution in [2.75, 3.05) is 12.1 Å². The van der Waals surface area contributed by atoms with E-state index >= 15 is 0 Å². The first-order valence-electron chi connectivity index (χ1n) is 9.73. The van der Waals surface area contributed by atoms with E-state index in [1.165, 1.54) is 17.6 Å². The Morgan fingerprint density at radius 2 is 1.84 bits per heavy atom. The fourth-order valence-electron chi connectivity index (χ4n) is 3.41. The lowest BCUT2D eigenvalue weighted by Crippen LogP contribution is -2.18. The summed E-state index contributed by atoms with van der Waals surface area (Å²) in [7, 11) is 0. The molecular weight excluding hydrogens is 416 g/mol. The number of hydrogen-bond acceptors (Lipinski definition) is 7. The highest BCUT2D eigenvalue weighted by Gasteiger charge is 2.20. The van der Waals surface area contributed by atoms with E-state index in [0.29, 0.717) is 33.5 Å². The predicted octanol–water partition coefficient (Wildman–Crippen LogP) is 4.02. The Kier molecular flexibility index (Phi) is 6.09. The lowest BCUT2D eigenvalue weighted by atomic mass is 9.97. The third-order valence-corrected chi connectivity index (χ3v) is 4.88. The monoisotopic (exact) mass is 436 g/mol. The summed E-state index contributed by atoms with van der Waals surface area (Å²) < 4.78 is 16.2. The maximum atomic E-state index is 12.7. The summed E-state index contributed by atoms with van der Waals surface area (Å²) >= 11 is 0. The molecule has 0 saturated heterocycles. The minimum Gasteiger partial charge on any atom is -0.507 e. The number of hydroxylamine groups is 1. The lowest BCUT2D eigenvalue weighted by molar-refractivity contribution is -0.124. The van der Waals surface area contributed by atoms with Gasteiger partial charge in [0, 0.05) is 35.2 Å². The van der Waals surface area contributed by atoms with Crippen LogP contribution >= 0.6 is 0 Å². The van der Waals surface area contributed by atoms with Crippen molar-refractivity contribution in [3.05, 3.63) is 72.3 Å². The minimum atomic E-state index is -0.780. The second-order valence-electron chi connectivity index (χ2n) is 6.92. The topological polar surface area (TPSA) is 126 Å². The number of hydrogen-bond donors (Lipinski definition) is 4. The van der Waals surface area contributed by atoms with E-state index in [1.807, 2.05) is 6.07 Å². The molecule has 9 heteroatoms. The Hall–Kier alpha value is -4.24. The van der Waals surface area contributed by atoms with Crippen LogP contribution in [0, 0.1) is 0 Å². The Morgan fingerprint density at radius 1 is 1.06 bits per heavy atom. The Bertz CT molecular complexity index is 1190. The fourth-order valence-corrected chi connectivity index (χ4v) is 3.41. The number of benzene rings is 3. The molecule has 4 N–H and O–H groups in total. The highest BCUT2D eigenvalue weighted by atomic mass is 16.7. The van der Waals surface area contributed by atoms with Crippen molar-refractivity contribution in [1.82, 2.24) is 5.48 Å². The largest absolute Gasteiger partial charge is 0.507 e. The molecule has 3 aromatic carbocycles. The molecule has 0 aromatic heterocycles. The number of carbonyl (C=O) groups is 2. The molecule has 1 heterocycles. The van der Waals surface area contributed by atoms with Gasteiger partial charge in [0.15, 0.2) is 11.5 Å². The van der Waals surface area contributed by atoms with Crippen LogP contribution in [0.1, 0.15) is 18.1 Å². The average molecular weight is 436 g/mol. The maximum absolute atomic E-state index is 12.7. The van der Waals surface area contributed by atoms with Crippen molar-refractivity contribution in [2.45, 2.75) is 12.5 Å². The SMILES string of the molecule is O=C(/C=C/C[C@H](OC(=O)Nc1ccc2c(c1)OCO2)c1ccc(O)c2ccccc12)NO. The first kappa shape index (κ1) is 21.0. The van der Waals surface area contributed by atoms with Crippen molar-refractivity contribution in [2.24, 2.45) is 0 Å². The highest BCUT2D eigenvalue weighted by molar-refractivity contribution is 5.92. The summed E-state index contributed by atoms with van der Waals surface area (Å²) in [4.78, 5) is 24.0. The van der Waals surface area contributed by atoms with Crippen LogP contribution in [0.5, 0.6) is 17.2 Å². The van der Waals surface area contributed by atoms with Gasteiger partial charge in [-0.1, -0.05) is 36.4 Å². The number of carbonyl (C=O) groups excluding carboxylic acids is 2. The molecule has 0 bridgehead atoms. The number of fused-ring (bicyclic) bond motifs is 2. The summed E-state index contributed by atoms with van der Waals surface area (Å²) in [6.07, 6.45) is 1.26. The third kappa shape index (κ3) is 4.57. The number of amides is 2. The van der Waals surface area contributed by atoms with Crippen LogP contribution in [-0.2, 0) is 9.53 Å². The van der Waals surface area contributed by atoms with Gasteiger partial charge in [0.05, 0.1) is 0 Å². The van der Waals surface area contributed by atoms with E-state index < -0.39 is 18.1 Å². The van der Waals surface area contributed by atoms with Crippen molar-refractivity contribution < 1.29 is 34.1 Å². The molecule has 0 radical (unpaired) electrons. The number of anilines is 1. The molecule has 1 aliphatic heterocycles. The van der Waals surface area contributed by atoms with Gasteiger partial charge in [0.1, 0.15) is 11.9 Å². The minimum absolute atomic E-state index is 0.100. The van der Waals surface area contributed by atoms with Gasteiger partial charge in [-0.3, -0.25) is 15.3 Å². The smallest absolute Gasteiger partial charge is 0.412 e. The van der Waals surface area contributed by atoms with Gasteiger partial charge in [0.25, 0.3) is 5.91 Å². The van der Waals surface area contributed by atoms with Gasteiger partial charge >= 0.3 is 6.09 Å². The Balaban J connectivity index is 1.58. The summed E-state index contributed by atoms with van der Waals surface area (Å²) in [5.41, 5.74) is 2.62. The first-order chi connectivity index (χ1) is 15.5. The van der Waals surface area contributed by atoms with Gasteiger partial charge in [-0.05, 0) is 23.6 Å². The molecule has 9 nitrogen and oxygen atoms in total. The van der Waals surface area contributed by atoms with Crippen molar-refractivity contribution in [3.63, 3.8) is 0 Å². The number of nitrogens with one attached hydrogen (secondary N) is 2. The first-order valence-corrected chi connectivity index (χ1v) is 9.73. The molecule has 0 spiro atoms. The number of phenolic OH excluding ortho intramolecular Hbond substituents is 1. The van der Waals surface area contributed by atoms with Gasteiger partial charge in [-0.15, -0.1) is 0 Å². The Morgan fingerprint density at radius 3 is 2.66 bits per heavy atom. The summed E-state index contributed by atoms with van der Waals surface area (Å²) in [5, 5.41) is 22.8. The zero-order valence-corrected chi connectivity index (χ0v) is 16.8. The molecule has 164 valence electrons. The van der Waals surface area contributed by atoms with Crippen molar-refractivity contribution in [3.8, 4) is 17.2 Å². The molecule has 1 aliphatic rings. The van der Waals surface area contributed by atoms with Crippen molar-refractivity contribution >= 4 is 28.5 Å². The van der Waals surface area contributed by atoms with Gasteiger partial charge in [-0.25, -0.2) is 10.3 Å². The predicted molar refractivity (Wildman–Crippen MR) is 115 cm³/mol. The van der Waals surface area contributed by atoms with E-state index in [0.717, 1.165) is 6.08 Å². The van der Waals surface area contributed by atoms with E-state index in [1.54, 1.807) is 42.5 Å². The highest BCUT2D eigenvalue weighted by Crippen LogP contribution is 2.36. The number of aromatic hydroxyl groups is 1. The number of ether oxygens (including phenoxy) is 3. The maximum Gasteiger partial charge on any atom is 0.412 e. The fraction of sp³-hybridized carbons (Fsp3) is 0.130. The van der Waals surface area contributed by atoms with Crippen LogP contribution in [0.25, 0.3) is 10.8 Å². The zero-order valence-electron chi connectivity index (χ0n) is 16.8. The van der Waals surface area contributed by atoms with E-state index in [-0.39, 0.29) is 19.0 Å². The molecule has 4 rings (SSSR count). The van der Waals surface area contributed by atoms with Crippen LogP contribution in [0.2, 0.25) is 0 Å². The van der Waals surface area contributed by atoms with Gasteiger partial charge < -0.3 is 19.3 Å². The third-order valence-electron chi connectivity index (χ3n) is 4.88. The van der Waals surface area contributed by atoms with E-state index in [9.17, 15) is 14.7 Å². The normalized spacial score (nSPS) is 13.2. The van der Waals surface area contributed by atoms with E-state index in [2.05, 4.69) is 5.32 Å². The molecule has 3 aromatic rings. The zero-order chi connectivity index (χ0) is 22.5. The van der Waals surface area contributed by atoms with Gasteiger partial charge in [0.2, 0.25) is 6.79 Å². The number of phenols is 1. The van der Waals surface area contributed by atoms with Crippen molar-refractivity contribution in [1.29, 1.82) is 0 Å². The molecule has 0 fully saturated rings. The Labute approximate surface area is 182 Å². The van der Waals surface area contributed by atoms with Crippen LogP contribution in [0.3, 0.4) is 0 Å². The molecule has 0 aliphatic carbocycles. The molecule has 0 saturated carbocycles.